The summed E-state index contributed by atoms with van der Waals surface area (Å²) in [6.07, 6.45) is 1.61. The second-order valence-corrected chi connectivity index (χ2v) is 8.11. The van der Waals surface area contributed by atoms with Gasteiger partial charge in [0.05, 0.1) is 0 Å². The molecule has 0 spiro atoms. The third-order valence-corrected chi connectivity index (χ3v) is 4.30. The Labute approximate surface area is 171 Å². The smallest absolute Gasteiger partial charge is 0.226 e. The number of anilines is 1. The molecule has 0 bridgehead atoms. The standard InChI is InChI=1S/C23H27N3O3/c1-16-7-5-8-19(15-16)28-18-13-11-17(12-14-18)24-20(27)9-6-10-21-25-22(26-29-21)23(2,3)4/h5,7-8,11-15H,6,9-10H2,1-4H3,(H,24,27). The van der Waals surface area contributed by atoms with E-state index in [-0.39, 0.29) is 11.3 Å². The minimum Gasteiger partial charge on any atom is -0.457 e. The number of hydrogen-bond acceptors (Lipinski definition) is 5. The molecule has 0 atom stereocenters. The second kappa shape index (κ2) is 8.90. The largest absolute Gasteiger partial charge is 0.457 e. The Morgan fingerprint density at radius 2 is 1.86 bits per heavy atom. The summed E-state index contributed by atoms with van der Waals surface area (Å²) in [5.41, 5.74) is 1.73. The van der Waals surface area contributed by atoms with Gasteiger partial charge in [0.1, 0.15) is 11.5 Å². The number of carbonyl (C=O) groups excluding carboxylic acids is 1. The van der Waals surface area contributed by atoms with Crippen LogP contribution in [0.15, 0.2) is 53.1 Å². The van der Waals surface area contributed by atoms with Crippen molar-refractivity contribution < 1.29 is 14.1 Å². The van der Waals surface area contributed by atoms with Crippen LogP contribution in [0, 0.1) is 6.92 Å². The van der Waals surface area contributed by atoms with Crippen molar-refractivity contribution in [2.45, 2.75) is 52.4 Å². The lowest BCUT2D eigenvalue weighted by molar-refractivity contribution is -0.116. The number of rotatable bonds is 7. The Hall–Kier alpha value is -3.15. The molecule has 0 saturated carbocycles. The van der Waals surface area contributed by atoms with E-state index in [2.05, 4.69) is 15.5 Å². The lowest BCUT2D eigenvalue weighted by Crippen LogP contribution is -2.13. The Morgan fingerprint density at radius 1 is 1.10 bits per heavy atom. The third-order valence-electron chi connectivity index (χ3n) is 4.30. The average Bonchev–Trinajstić information content (AvgIpc) is 3.13. The summed E-state index contributed by atoms with van der Waals surface area (Å²) in [6, 6.07) is 15.2. The summed E-state index contributed by atoms with van der Waals surface area (Å²) < 4.78 is 11.1. The monoisotopic (exact) mass is 393 g/mol. The number of nitrogens with zero attached hydrogens (tertiary/aromatic N) is 2. The molecule has 0 aliphatic carbocycles. The zero-order valence-corrected chi connectivity index (χ0v) is 17.4. The highest BCUT2D eigenvalue weighted by atomic mass is 16.5. The van der Waals surface area contributed by atoms with Gasteiger partial charge in [-0.1, -0.05) is 38.1 Å². The number of ether oxygens (including phenoxy) is 1. The molecule has 1 heterocycles. The summed E-state index contributed by atoms with van der Waals surface area (Å²) in [5, 5.41) is 6.89. The van der Waals surface area contributed by atoms with Gasteiger partial charge < -0.3 is 14.6 Å². The molecule has 0 unspecified atom stereocenters. The Morgan fingerprint density at radius 3 is 2.52 bits per heavy atom. The fraction of sp³-hybridized carbons (Fsp3) is 0.348. The summed E-state index contributed by atoms with van der Waals surface area (Å²) in [4.78, 5) is 16.6. The average molecular weight is 393 g/mol. The van der Waals surface area contributed by atoms with Gasteiger partial charge in [-0.3, -0.25) is 4.79 Å². The molecule has 29 heavy (non-hydrogen) atoms. The number of nitrogens with one attached hydrogen (secondary N) is 1. The number of carbonyl (C=O) groups is 1. The minimum atomic E-state index is -0.145. The van der Waals surface area contributed by atoms with Crippen LogP contribution in [0.3, 0.4) is 0 Å². The highest BCUT2D eigenvalue weighted by Crippen LogP contribution is 2.24. The number of amides is 1. The Kier molecular flexibility index (Phi) is 6.32. The molecule has 0 saturated heterocycles. The molecular weight excluding hydrogens is 366 g/mol. The molecule has 0 radical (unpaired) electrons. The van der Waals surface area contributed by atoms with Crippen molar-refractivity contribution in [2.24, 2.45) is 0 Å². The highest BCUT2D eigenvalue weighted by Gasteiger charge is 2.20. The molecule has 1 amide bonds. The van der Waals surface area contributed by atoms with Gasteiger partial charge in [0, 0.05) is 23.9 Å². The topological polar surface area (TPSA) is 77.2 Å². The van der Waals surface area contributed by atoms with E-state index in [0.717, 1.165) is 22.7 Å². The van der Waals surface area contributed by atoms with Crippen molar-refractivity contribution in [3.63, 3.8) is 0 Å². The quantitative estimate of drug-likeness (QED) is 0.579. The summed E-state index contributed by atoms with van der Waals surface area (Å²) in [5.74, 6) is 2.72. The second-order valence-electron chi connectivity index (χ2n) is 8.11. The Bertz CT molecular complexity index is 956. The van der Waals surface area contributed by atoms with E-state index >= 15 is 0 Å². The van der Waals surface area contributed by atoms with Gasteiger partial charge in [-0.05, 0) is 55.3 Å². The van der Waals surface area contributed by atoms with Crippen LogP contribution in [0.5, 0.6) is 11.5 Å². The van der Waals surface area contributed by atoms with E-state index < -0.39 is 0 Å². The van der Waals surface area contributed by atoms with Gasteiger partial charge in [-0.2, -0.15) is 4.98 Å². The number of aromatic nitrogens is 2. The van der Waals surface area contributed by atoms with Crippen LogP contribution in [0.2, 0.25) is 0 Å². The van der Waals surface area contributed by atoms with Crippen molar-refractivity contribution in [2.75, 3.05) is 5.32 Å². The zero-order chi connectivity index (χ0) is 20.9. The van der Waals surface area contributed by atoms with Crippen LogP contribution in [0.1, 0.15) is 50.9 Å². The Balaban J connectivity index is 1.45. The fourth-order valence-electron chi connectivity index (χ4n) is 2.71. The van der Waals surface area contributed by atoms with Gasteiger partial charge in [-0.25, -0.2) is 0 Å². The molecule has 0 aliphatic rings. The van der Waals surface area contributed by atoms with Gasteiger partial charge in [0.2, 0.25) is 11.8 Å². The predicted octanol–water partition coefficient (Wildman–Crippen LogP) is 5.43. The van der Waals surface area contributed by atoms with Crippen LogP contribution in [-0.4, -0.2) is 16.0 Å². The SMILES string of the molecule is Cc1cccc(Oc2ccc(NC(=O)CCCc3nc(C(C)(C)C)no3)cc2)c1. The molecule has 0 fully saturated rings. The number of hydrogen-bond donors (Lipinski definition) is 1. The van der Waals surface area contributed by atoms with Crippen molar-refractivity contribution in [1.82, 2.24) is 10.1 Å². The van der Waals surface area contributed by atoms with Crippen molar-refractivity contribution >= 4 is 11.6 Å². The molecule has 1 aromatic heterocycles. The predicted molar refractivity (Wildman–Crippen MR) is 112 cm³/mol. The number of aryl methyl sites for hydroxylation is 2. The van der Waals surface area contributed by atoms with Crippen LogP contribution in [0.4, 0.5) is 5.69 Å². The maximum absolute atomic E-state index is 12.2. The summed E-state index contributed by atoms with van der Waals surface area (Å²) in [7, 11) is 0. The lowest BCUT2D eigenvalue weighted by Gasteiger charge is -2.10. The first-order valence-electron chi connectivity index (χ1n) is 9.77. The number of benzene rings is 2. The molecule has 152 valence electrons. The van der Waals surface area contributed by atoms with E-state index in [1.807, 2.05) is 76.2 Å². The summed E-state index contributed by atoms with van der Waals surface area (Å²) in [6.45, 7) is 8.12. The van der Waals surface area contributed by atoms with Crippen LogP contribution < -0.4 is 10.1 Å². The minimum absolute atomic E-state index is 0.0482. The maximum Gasteiger partial charge on any atom is 0.226 e. The third kappa shape index (κ3) is 6.17. The first kappa shape index (κ1) is 20.6. The van der Waals surface area contributed by atoms with Crippen LogP contribution >= 0.6 is 0 Å². The fourth-order valence-corrected chi connectivity index (χ4v) is 2.71. The van der Waals surface area contributed by atoms with Crippen molar-refractivity contribution in [3.05, 3.63) is 65.8 Å². The molecule has 1 N–H and O–H groups in total. The molecule has 3 aromatic rings. The molecular formula is C23H27N3O3. The molecule has 0 aliphatic heterocycles. The first-order valence-corrected chi connectivity index (χ1v) is 9.77. The molecule has 6 heteroatoms. The van der Waals surface area contributed by atoms with E-state index in [9.17, 15) is 4.79 Å². The first-order chi connectivity index (χ1) is 13.8. The van der Waals surface area contributed by atoms with Gasteiger partial charge in [0.15, 0.2) is 5.82 Å². The normalized spacial score (nSPS) is 11.3. The van der Waals surface area contributed by atoms with Crippen LogP contribution in [-0.2, 0) is 16.6 Å². The van der Waals surface area contributed by atoms with Gasteiger partial charge >= 0.3 is 0 Å². The van der Waals surface area contributed by atoms with Crippen molar-refractivity contribution in [3.8, 4) is 11.5 Å². The van der Waals surface area contributed by atoms with Crippen LogP contribution in [0.25, 0.3) is 0 Å². The summed E-state index contributed by atoms with van der Waals surface area (Å²) >= 11 is 0. The van der Waals surface area contributed by atoms with Crippen molar-refractivity contribution in [1.29, 1.82) is 0 Å². The lowest BCUT2D eigenvalue weighted by atomic mass is 9.96. The van der Waals surface area contributed by atoms with Gasteiger partial charge in [0.25, 0.3) is 0 Å². The zero-order valence-electron chi connectivity index (χ0n) is 17.4. The van der Waals surface area contributed by atoms with E-state index in [1.54, 1.807) is 0 Å². The molecule has 3 rings (SSSR count). The van der Waals surface area contributed by atoms with E-state index in [4.69, 9.17) is 9.26 Å². The van der Waals surface area contributed by atoms with E-state index in [1.165, 1.54) is 0 Å². The van der Waals surface area contributed by atoms with E-state index in [0.29, 0.717) is 31.0 Å². The molecule has 2 aromatic carbocycles. The highest BCUT2D eigenvalue weighted by molar-refractivity contribution is 5.90. The van der Waals surface area contributed by atoms with Gasteiger partial charge in [-0.15, -0.1) is 0 Å². The maximum atomic E-state index is 12.2. The molecule has 6 nitrogen and oxygen atoms in total.